The first-order chi connectivity index (χ1) is 25.2. The third kappa shape index (κ3) is 11.8. The Morgan fingerprint density at radius 1 is 0.755 bits per heavy atom. The largest absolute Gasteiger partial charge is 0.343 e. The van der Waals surface area contributed by atoms with E-state index in [1.54, 1.807) is 4.90 Å². The molecular formula is C38H58N8O6S. The van der Waals surface area contributed by atoms with Gasteiger partial charge >= 0.3 is 0 Å². The number of unbranched alkanes of at least 4 members (excludes halogenated alkanes) is 1. The second-order valence-corrected chi connectivity index (χ2v) is 17.1. The highest BCUT2D eigenvalue weighted by molar-refractivity contribution is 7.86. The van der Waals surface area contributed by atoms with E-state index in [1.807, 2.05) is 74.5 Å². The van der Waals surface area contributed by atoms with Crippen LogP contribution in [0.2, 0.25) is 0 Å². The van der Waals surface area contributed by atoms with Crippen molar-refractivity contribution in [3.63, 3.8) is 0 Å². The highest BCUT2D eigenvalue weighted by Gasteiger charge is 2.46. The van der Waals surface area contributed by atoms with Crippen molar-refractivity contribution >= 4 is 33.8 Å². The number of benzene rings is 2. The minimum absolute atomic E-state index is 0.000356. The fraction of sp³-hybridized carbons (Fsp3) is 0.579. The molecule has 0 saturated carbocycles. The summed E-state index contributed by atoms with van der Waals surface area (Å²) in [5, 5.41) is 8.66. The van der Waals surface area contributed by atoms with E-state index < -0.39 is 52.1 Å². The Morgan fingerprint density at radius 3 is 1.79 bits per heavy atom. The standard InChI is InChI=1S/C38H58N8O6S/c1-26(2)19-33(43-37(49)34(21-28-15-9-6-10-16-28)42-35(47)31(40)20-27-13-7-5-8-14-27)36(48)41-32(17-11-12-18-39)38(50)45-22-29-24-46(25-30(29)23-45)53(51,52)44(3)4/h5-10,13-16,26,29-34H,11-12,17-25,39-40H2,1-4H3,(H,41,48)(H,42,47)(H,43,49). The van der Waals surface area contributed by atoms with E-state index in [0.29, 0.717) is 58.4 Å². The molecule has 2 fully saturated rings. The topological polar surface area (TPSA) is 200 Å². The van der Waals surface area contributed by atoms with Gasteiger partial charge in [-0.1, -0.05) is 74.5 Å². The molecule has 0 bridgehead atoms. The van der Waals surface area contributed by atoms with E-state index in [-0.39, 0.29) is 36.5 Å². The lowest BCUT2D eigenvalue weighted by Gasteiger charge is -2.29. The van der Waals surface area contributed by atoms with Gasteiger partial charge in [0.25, 0.3) is 10.2 Å². The SMILES string of the molecule is CC(C)CC(NC(=O)C(Cc1ccccc1)NC(=O)C(N)Cc1ccccc1)C(=O)NC(CCCCN)C(=O)N1CC2CN(S(=O)(=O)N(C)C)CC2C1. The van der Waals surface area contributed by atoms with E-state index in [0.717, 1.165) is 11.1 Å². The molecule has 2 aromatic carbocycles. The Bertz CT molecular complexity index is 1610. The van der Waals surface area contributed by atoms with E-state index in [4.69, 9.17) is 11.5 Å². The van der Waals surface area contributed by atoms with Gasteiger partial charge in [-0.2, -0.15) is 17.0 Å². The molecule has 2 aliphatic rings. The Morgan fingerprint density at radius 2 is 1.26 bits per heavy atom. The van der Waals surface area contributed by atoms with Crippen molar-refractivity contribution in [2.75, 3.05) is 46.8 Å². The number of fused-ring (bicyclic) bond motifs is 1. The first-order valence-corrected chi connectivity index (χ1v) is 20.0. The van der Waals surface area contributed by atoms with Gasteiger partial charge in [0.2, 0.25) is 23.6 Å². The molecule has 2 saturated heterocycles. The molecule has 292 valence electrons. The molecule has 0 radical (unpaired) electrons. The third-order valence-corrected chi connectivity index (χ3v) is 11.9. The Kier molecular flexibility index (Phi) is 15.4. The molecule has 14 nitrogen and oxygen atoms in total. The quantitative estimate of drug-likeness (QED) is 0.129. The summed E-state index contributed by atoms with van der Waals surface area (Å²) in [4.78, 5) is 57.0. The summed E-state index contributed by atoms with van der Waals surface area (Å²) in [6.45, 7) is 5.76. The molecule has 2 aliphatic heterocycles. The van der Waals surface area contributed by atoms with Crippen LogP contribution < -0.4 is 27.4 Å². The van der Waals surface area contributed by atoms with Gasteiger partial charge in [-0.15, -0.1) is 0 Å². The minimum Gasteiger partial charge on any atom is -0.343 e. The van der Waals surface area contributed by atoms with Crippen molar-refractivity contribution in [2.45, 2.75) is 76.5 Å². The average molecular weight is 755 g/mol. The van der Waals surface area contributed by atoms with Crippen molar-refractivity contribution in [1.82, 2.24) is 29.5 Å². The molecule has 0 aromatic heterocycles. The van der Waals surface area contributed by atoms with Crippen molar-refractivity contribution in [3.05, 3.63) is 71.8 Å². The van der Waals surface area contributed by atoms with Gasteiger partial charge in [0.15, 0.2) is 0 Å². The second-order valence-electron chi connectivity index (χ2n) is 15.0. The van der Waals surface area contributed by atoms with Gasteiger partial charge in [0, 0.05) is 46.7 Å². The molecule has 15 heteroatoms. The van der Waals surface area contributed by atoms with Gasteiger partial charge in [-0.25, -0.2) is 0 Å². The first kappa shape index (κ1) is 41.9. The average Bonchev–Trinajstić information content (AvgIpc) is 3.72. The normalized spacial score (nSPS) is 19.7. The molecule has 2 aromatic rings. The van der Waals surface area contributed by atoms with Crippen LogP contribution in [-0.2, 0) is 42.2 Å². The number of likely N-dealkylation sites (tertiary alicyclic amines) is 1. The molecular weight excluding hydrogens is 697 g/mol. The number of amides is 4. The third-order valence-electron chi connectivity index (χ3n) is 10.0. The molecule has 4 amide bonds. The highest BCUT2D eigenvalue weighted by Crippen LogP contribution is 2.33. The summed E-state index contributed by atoms with van der Waals surface area (Å²) in [7, 11) is -0.541. The summed E-state index contributed by atoms with van der Waals surface area (Å²) in [5.74, 6) is -1.74. The first-order valence-electron chi connectivity index (χ1n) is 18.6. The van der Waals surface area contributed by atoms with E-state index in [9.17, 15) is 27.6 Å². The van der Waals surface area contributed by atoms with E-state index in [1.165, 1.54) is 22.7 Å². The fourth-order valence-corrected chi connectivity index (χ4v) is 8.29. The van der Waals surface area contributed by atoms with Crippen molar-refractivity contribution in [2.24, 2.45) is 29.2 Å². The lowest BCUT2D eigenvalue weighted by molar-refractivity contribution is -0.137. The lowest BCUT2D eigenvalue weighted by Crippen LogP contribution is -2.58. The maximum atomic E-state index is 14.0. The van der Waals surface area contributed by atoms with Crippen LogP contribution in [0.25, 0.3) is 0 Å². The zero-order chi connectivity index (χ0) is 38.7. The fourth-order valence-electron chi connectivity index (χ4n) is 7.07. The number of hydrogen-bond acceptors (Lipinski definition) is 8. The number of carbonyl (C=O) groups is 4. The summed E-state index contributed by atoms with van der Waals surface area (Å²) < 4.78 is 28.1. The number of nitrogens with two attached hydrogens (primary N) is 2. The Hall–Kier alpha value is -3.89. The van der Waals surface area contributed by atoms with E-state index >= 15 is 0 Å². The number of rotatable bonds is 19. The molecule has 2 heterocycles. The maximum absolute atomic E-state index is 14.0. The predicted octanol–water partition coefficient (Wildman–Crippen LogP) is 0.625. The molecule has 53 heavy (non-hydrogen) atoms. The van der Waals surface area contributed by atoms with Crippen molar-refractivity contribution in [1.29, 1.82) is 0 Å². The molecule has 0 spiro atoms. The zero-order valence-corrected chi connectivity index (χ0v) is 32.3. The van der Waals surface area contributed by atoms with Gasteiger partial charge in [0.1, 0.15) is 18.1 Å². The van der Waals surface area contributed by atoms with Crippen LogP contribution in [-0.4, -0.2) is 117 Å². The van der Waals surface area contributed by atoms with Crippen LogP contribution in [0.1, 0.15) is 50.7 Å². The predicted molar refractivity (Wildman–Crippen MR) is 204 cm³/mol. The van der Waals surface area contributed by atoms with Crippen LogP contribution in [0.15, 0.2) is 60.7 Å². The monoisotopic (exact) mass is 754 g/mol. The molecule has 6 unspecified atom stereocenters. The highest BCUT2D eigenvalue weighted by atomic mass is 32.2. The van der Waals surface area contributed by atoms with Crippen LogP contribution >= 0.6 is 0 Å². The van der Waals surface area contributed by atoms with Crippen molar-refractivity contribution < 1.29 is 27.6 Å². The molecule has 4 rings (SSSR count). The maximum Gasteiger partial charge on any atom is 0.281 e. The smallest absolute Gasteiger partial charge is 0.281 e. The summed E-state index contributed by atoms with van der Waals surface area (Å²) in [5.41, 5.74) is 13.7. The Balaban J connectivity index is 1.46. The number of hydrogen-bond donors (Lipinski definition) is 5. The van der Waals surface area contributed by atoms with Gasteiger partial charge in [0.05, 0.1) is 6.04 Å². The minimum atomic E-state index is -3.55. The summed E-state index contributed by atoms with van der Waals surface area (Å²) in [6.07, 6.45) is 2.40. The number of nitrogens with zero attached hydrogens (tertiary/aromatic N) is 3. The Labute approximate surface area is 314 Å². The number of nitrogens with one attached hydrogen (secondary N) is 3. The van der Waals surface area contributed by atoms with Gasteiger partial charge in [-0.05, 0) is 67.5 Å². The van der Waals surface area contributed by atoms with Crippen molar-refractivity contribution in [3.8, 4) is 0 Å². The lowest BCUT2D eigenvalue weighted by atomic mass is 9.99. The summed E-state index contributed by atoms with van der Waals surface area (Å²) in [6, 6.07) is 14.9. The second kappa shape index (κ2) is 19.4. The van der Waals surface area contributed by atoms with Crippen LogP contribution in [0.5, 0.6) is 0 Å². The molecule has 6 atom stereocenters. The number of carbonyl (C=O) groups excluding carboxylic acids is 4. The van der Waals surface area contributed by atoms with Crippen LogP contribution in [0.3, 0.4) is 0 Å². The van der Waals surface area contributed by atoms with Crippen LogP contribution in [0, 0.1) is 17.8 Å². The van der Waals surface area contributed by atoms with Gasteiger partial charge in [-0.3, -0.25) is 19.2 Å². The zero-order valence-electron chi connectivity index (χ0n) is 31.4. The summed E-state index contributed by atoms with van der Waals surface area (Å²) >= 11 is 0. The van der Waals surface area contributed by atoms with Crippen LogP contribution in [0.4, 0.5) is 0 Å². The molecule has 0 aliphatic carbocycles. The molecule has 7 N–H and O–H groups in total. The van der Waals surface area contributed by atoms with Gasteiger partial charge < -0.3 is 32.3 Å². The van der Waals surface area contributed by atoms with E-state index in [2.05, 4.69) is 16.0 Å².